The van der Waals surface area contributed by atoms with Crippen molar-refractivity contribution in [3.8, 4) is 0 Å². The Morgan fingerprint density at radius 2 is 2.22 bits per heavy atom. The number of likely N-dealkylation sites (tertiary alicyclic amines) is 1. The van der Waals surface area contributed by atoms with Crippen LogP contribution in [-0.2, 0) is 16.6 Å². The summed E-state index contributed by atoms with van der Waals surface area (Å²) in [5, 5.41) is 7.06. The van der Waals surface area contributed by atoms with Crippen LogP contribution in [0, 0.1) is 0 Å². The van der Waals surface area contributed by atoms with Gasteiger partial charge in [0.25, 0.3) is 0 Å². The van der Waals surface area contributed by atoms with E-state index in [4.69, 9.17) is 4.52 Å². The monoisotopic (exact) mass is 322 g/mol. The van der Waals surface area contributed by atoms with E-state index in [0.29, 0.717) is 24.8 Å². The molecule has 1 aliphatic heterocycles. The lowest BCUT2D eigenvalue weighted by atomic mass is 9.96. The topological polar surface area (TPSA) is 71.3 Å². The van der Waals surface area contributed by atoms with E-state index in [1.54, 1.807) is 0 Å². The highest BCUT2D eigenvalue weighted by molar-refractivity contribution is 5.75. The van der Waals surface area contributed by atoms with Gasteiger partial charge in [-0.1, -0.05) is 32.9 Å². The highest BCUT2D eigenvalue weighted by Gasteiger charge is 2.23. The van der Waals surface area contributed by atoms with Crippen molar-refractivity contribution in [3.05, 3.63) is 11.7 Å². The molecule has 1 aromatic rings. The van der Waals surface area contributed by atoms with Crippen LogP contribution in [0.15, 0.2) is 4.52 Å². The molecule has 0 spiro atoms. The summed E-state index contributed by atoms with van der Waals surface area (Å²) < 4.78 is 5.24. The number of carbonyl (C=O) groups is 1. The average molecular weight is 322 g/mol. The van der Waals surface area contributed by atoms with Crippen LogP contribution in [0.1, 0.15) is 65.1 Å². The van der Waals surface area contributed by atoms with Crippen LogP contribution in [0.5, 0.6) is 0 Å². The number of amides is 1. The van der Waals surface area contributed by atoms with Crippen LogP contribution >= 0.6 is 0 Å². The molecule has 0 aliphatic carbocycles. The summed E-state index contributed by atoms with van der Waals surface area (Å²) in [7, 11) is 0. The third kappa shape index (κ3) is 5.30. The average Bonchev–Trinajstić information content (AvgIpc) is 3.13. The van der Waals surface area contributed by atoms with Crippen molar-refractivity contribution in [2.24, 2.45) is 0 Å². The second-order valence-electron chi connectivity index (χ2n) is 7.34. The second-order valence-corrected chi connectivity index (χ2v) is 7.34. The Labute approximate surface area is 139 Å². The largest absolute Gasteiger partial charge is 0.355 e. The summed E-state index contributed by atoms with van der Waals surface area (Å²) in [6.45, 7) is 11.3. The molecule has 0 saturated carbocycles. The molecule has 0 radical (unpaired) electrons. The highest BCUT2D eigenvalue weighted by Crippen LogP contribution is 2.19. The lowest BCUT2D eigenvalue weighted by Gasteiger charge is -2.22. The first-order valence-electron chi connectivity index (χ1n) is 8.74. The Kier molecular flexibility index (Phi) is 6.16. The smallest absolute Gasteiger partial charge is 0.226 e. The van der Waals surface area contributed by atoms with E-state index >= 15 is 0 Å². The maximum absolute atomic E-state index is 12.0. The van der Waals surface area contributed by atoms with Crippen molar-refractivity contribution in [2.45, 2.75) is 71.3 Å². The molecular weight excluding hydrogens is 292 g/mol. The molecule has 6 heteroatoms. The molecule has 1 aromatic heterocycles. The SMILES string of the molecule is CCN1CCC[C@@H]1CNC(=O)CCCc1nc(C(C)(C)C)no1. The maximum atomic E-state index is 12.0. The molecule has 1 fully saturated rings. The van der Waals surface area contributed by atoms with Gasteiger partial charge in [-0.2, -0.15) is 4.98 Å². The molecule has 1 aliphatic rings. The van der Waals surface area contributed by atoms with Crippen molar-refractivity contribution in [3.63, 3.8) is 0 Å². The fourth-order valence-electron chi connectivity index (χ4n) is 2.92. The van der Waals surface area contributed by atoms with Gasteiger partial charge in [0, 0.05) is 30.8 Å². The van der Waals surface area contributed by atoms with E-state index in [1.807, 2.05) is 0 Å². The maximum Gasteiger partial charge on any atom is 0.226 e. The zero-order valence-electron chi connectivity index (χ0n) is 14.9. The van der Waals surface area contributed by atoms with E-state index in [1.165, 1.54) is 12.8 Å². The van der Waals surface area contributed by atoms with Gasteiger partial charge in [-0.05, 0) is 32.4 Å². The lowest BCUT2D eigenvalue weighted by Crippen LogP contribution is -2.39. The highest BCUT2D eigenvalue weighted by atomic mass is 16.5. The van der Waals surface area contributed by atoms with Gasteiger partial charge in [0.2, 0.25) is 11.8 Å². The van der Waals surface area contributed by atoms with Crippen molar-refractivity contribution in [2.75, 3.05) is 19.6 Å². The Morgan fingerprint density at radius 3 is 2.87 bits per heavy atom. The molecule has 1 saturated heterocycles. The van der Waals surface area contributed by atoms with Crippen molar-refractivity contribution >= 4 is 5.91 Å². The number of nitrogens with one attached hydrogen (secondary N) is 1. The molecule has 0 unspecified atom stereocenters. The van der Waals surface area contributed by atoms with Crippen molar-refractivity contribution in [1.82, 2.24) is 20.4 Å². The third-order valence-corrected chi connectivity index (χ3v) is 4.37. The van der Waals surface area contributed by atoms with Crippen molar-refractivity contribution in [1.29, 1.82) is 0 Å². The Balaban J connectivity index is 1.66. The van der Waals surface area contributed by atoms with Gasteiger partial charge in [0.15, 0.2) is 5.82 Å². The van der Waals surface area contributed by atoms with Gasteiger partial charge in [-0.25, -0.2) is 0 Å². The normalized spacial score (nSPS) is 19.2. The summed E-state index contributed by atoms with van der Waals surface area (Å²) in [6, 6.07) is 0.509. The van der Waals surface area contributed by atoms with Crippen LogP contribution in [0.2, 0.25) is 0 Å². The third-order valence-electron chi connectivity index (χ3n) is 4.37. The summed E-state index contributed by atoms with van der Waals surface area (Å²) in [5.41, 5.74) is -0.106. The van der Waals surface area contributed by atoms with E-state index in [9.17, 15) is 4.79 Å². The van der Waals surface area contributed by atoms with Gasteiger partial charge >= 0.3 is 0 Å². The number of carbonyl (C=O) groups excluding carboxylic acids is 1. The minimum atomic E-state index is -0.106. The molecule has 130 valence electrons. The van der Waals surface area contributed by atoms with Crippen LogP contribution in [0.3, 0.4) is 0 Å². The van der Waals surface area contributed by atoms with E-state index in [2.05, 4.69) is 48.1 Å². The number of nitrogens with zero attached hydrogens (tertiary/aromatic N) is 3. The fourth-order valence-corrected chi connectivity index (χ4v) is 2.92. The minimum Gasteiger partial charge on any atom is -0.355 e. The Bertz CT molecular complexity index is 507. The van der Waals surface area contributed by atoms with Crippen LogP contribution in [0.25, 0.3) is 0 Å². The predicted molar refractivity (Wildman–Crippen MR) is 89.2 cm³/mol. The molecule has 2 heterocycles. The standard InChI is InChI=1S/C17H30N4O2/c1-5-21-11-7-8-13(21)12-18-14(22)9-6-10-15-19-16(20-23-15)17(2,3)4/h13H,5-12H2,1-4H3,(H,18,22)/t13-/m1/s1. The molecular formula is C17H30N4O2. The molecule has 1 atom stereocenters. The zero-order chi connectivity index (χ0) is 16.9. The summed E-state index contributed by atoms with van der Waals surface area (Å²) >= 11 is 0. The first-order valence-corrected chi connectivity index (χ1v) is 8.74. The fraction of sp³-hybridized carbons (Fsp3) is 0.824. The van der Waals surface area contributed by atoms with E-state index in [-0.39, 0.29) is 11.3 Å². The lowest BCUT2D eigenvalue weighted by molar-refractivity contribution is -0.121. The van der Waals surface area contributed by atoms with Gasteiger partial charge in [-0.3, -0.25) is 9.69 Å². The molecule has 23 heavy (non-hydrogen) atoms. The predicted octanol–water partition coefficient (Wildman–Crippen LogP) is 2.29. The number of aryl methyl sites for hydroxylation is 1. The van der Waals surface area contributed by atoms with Crippen LogP contribution < -0.4 is 5.32 Å². The minimum absolute atomic E-state index is 0.106. The second kappa shape index (κ2) is 7.90. The molecule has 2 rings (SSSR count). The molecule has 6 nitrogen and oxygen atoms in total. The number of hydrogen-bond acceptors (Lipinski definition) is 5. The first kappa shape index (κ1) is 17.9. The molecule has 1 amide bonds. The van der Waals surface area contributed by atoms with Gasteiger partial charge in [-0.15, -0.1) is 0 Å². The van der Waals surface area contributed by atoms with Crippen molar-refractivity contribution < 1.29 is 9.32 Å². The summed E-state index contributed by atoms with van der Waals surface area (Å²) in [6.07, 6.45) is 4.32. The summed E-state index contributed by atoms with van der Waals surface area (Å²) in [5.74, 6) is 1.46. The van der Waals surface area contributed by atoms with Gasteiger partial charge < -0.3 is 9.84 Å². The van der Waals surface area contributed by atoms with Crippen LogP contribution in [-0.4, -0.2) is 46.6 Å². The van der Waals surface area contributed by atoms with Crippen LogP contribution in [0.4, 0.5) is 0 Å². The molecule has 0 bridgehead atoms. The Hall–Kier alpha value is -1.43. The van der Waals surface area contributed by atoms with Gasteiger partial charge in [0.05, 0.1) is 0 Å². The molecule has 1 N–H and O–H groups in total. The summed E-state index contributed by atoms with van der Waals surface area (Å²) in [4.78, 5) is 18.8. The number of rotatable bonds is 7. The molecule has 0 aromatic carbocycles. The Morgan fingerprint density at radius 1 is 1.43 bits per heavy atom. The van der Waals surface area contributed by atoms with E-state index in [0.717, 1.165) is 31.9 Å². The number of hydrogen-bond donors (Lipinski definition) is 1. The zero-order valence-corrected chi connectivity index (χ0v) is 14.9. The number of likely N-dealkylation sites (N-methyl/N-ethyl adjacent to an activating group) is 1. The number of aromatic nitrogens is 2. The quantitative estimate of drug-likeness (QED) is 0.834. The van der Waals surface area contributed by atoms with E-state index < -0.39 is 0 Å². The van der Waals surface area contributed by atoms with Gasteiger partial charge in [0.1, 0.15) is 0 Å². The first-order chi connectivity index (χ1) is 10.9.